The fourth-order valence-electron chi connectivity index (χ4n) is 3.24. The van der Waals surface area contributed by atoms with Gasteiger partial charge in [0.2, 0.25) is 5.13 Å². The first-order valence-corrected chi connectivity index (χ1v) is 12.3. The number of ether oxygens (including phenoxy) is 1. The molecule has 0 bridgehead atoms. The second-order valence-electron chi connectivity index (χ2n) is 7.20. The predicted octanol–water partition coefficient (Wildman–Crippen LogP) is 2.37. The van der Waals surface area contributed by atoms with Gasteiger partial charge in [0.25, 0.3) is 26.2 Å². The molecule has 1 aromatic heterocycles. The van der Waals surface area contributed by atoms with E-state index in [2.05, 4.69) is 20.2 Å². The van der Waals surface area contributed by atoms with Crippen LogP contribution in [0.3, 0.4) is 0 Å². The third-order valence-corrected chi connectivity index (χ3v) is 7.52. The zero-order valence-corrected chi connectivity index (χ0v) is 19.3. The number of carbonyl (C=O) groups is 2. The molecule has 12 heteroatoms. The van der Waals surface area contributed by atoms with Crippen LogP contribution >= 0.6 is 11.3 Å². The highest BCUT2D eigenvalue weighted by atomic mass is 32.2. The molecule has 3 aromatic rings. The van der Waals surface area contributed by atoms with Crippen LogP contribution in [0.4, 0.5) is 10.8 Å². The number of aryl methyl sites for hydroxylation is 1. The monoisotopic (exact) mass is 487 g/mol. The molecule has 1 aliphatic heterocycles. The van der Waals surface area contributed by atoms with Gasteiger partial charge in [-0.1, -0.05) is 41.7 Å². The van der Waals surface area contributed by atoms with Crippen LogP contribution in [0.25, 0.3) is 0 Å². The molecule has 0 aliphatic carbocycles. The number of hydrogen-bond donors (Lipinski definition) is 2. The second kappa shape index (κ2) is 9.65. The highest BCUT2D eigenvalue weighted by Gasteiger charge is 2.26. The van der Waals surface area contributed by atoms with Crippen LogP contribution in [0.2, 0.25) is 0 Å². The van der Waals surface area contributed by atoms with E-state index in [0.717, 1.165) is 5.56 Å². The van der Waals surface area contributed by atoms with E-state index in [1.54, 1.807) is 48.2 Å². The SMILES string of the molecule is Cc1ccccc1C(=O)Nc1nnc(S(=O)(=O)Nc2ccccc2C(=O)N2CCOCC2)s1. The minimum atomic E-state index is -4.14. The molecule has 1 aliphatic rings. The van der Waals surface area contributed by atoms with Gasteiger partial charge in [-0.05, 0) is 30.7 Å². The standard InChI is InChI=1S/C21H21N5O5S2/c1-14-6-2-3-7-15(14)18(27)22-20-23-24-21(32-20)33(29,30)25-17-9-5-4-8-16(17)19(28)26-10-12-31-13-11-26/h2-9,25H,10-13H2,1H3,(H,22,23,27). The molecule has 2 heterocycles. The van der Waals surface area contributed by atoms with Gasteiger partial charge in [-0.3, -0.25) is 19.6 Å². The van der Waals surface area contributed by atoms with Crippen LogP contribution in [0.5, 0.6) is 0 Å². The van der Waals surface area contributed by atoms with Crippen molar-refractivity contribution in [3.63, 3.8) is 0 Å². The zero-order chi connectivity index (χ0) is 23.4. The Morgan fingerprint density at radius 3 is 2.39 bits per heavy atom. The Morgan fingerprint density at radius 2 is 1.67 bits per heavy atom. The molecular weight excluding hydrogens is 466 g/mol. The van der Waals surface area contributed by atoms with E-state index in [9.17, 15) is 18.0 Å². The van der Waals surface area contributed by atoms with Gasteiger partial charge in [0.05, 0.1) is 24.5 Å². The molecule has 172 valence electrons. The normalized spacial score (nSPS) is 14.0. The molecule has 0 saturated carbocycles. The first kappa shape index (κ1) is 22.8. The van der Waals surface area contributed by atoms with Crippen LogP contribution in [0.1, 0.15) is 26.3 Å². The predicted molar refractivity (Wildman–Crippen MR) is 123 cm³/mol. The molecule has 4 rings (SSSR count). The number of sulfonamides is 1. The van der Waals surface area contributed by atoms with Crippen molar-refractivity contribution in [1.29, 1.82) is 0 Å². The lowest BCUT2D eigenvalue weighted by Crippen LogP contribution is -2.41. The molecule has 2 amide bonds. The lowest BCUT2D eigenvalue weighted by atomic mass is 10.1. The average Bonchev–Trinajstić information content (AvgIpc) is 3.29. The van der Waals surface area contributed by atoms with Crippen molar-refractivity contribution in [3.05, 3.63) is 65.2 Å². The summed E-state index contributed by atoms with van der Waals surface area (Å²) in [6.07, 6.45) is 0. The maximum Gasteiger partial charge on any atom is 0.291 e. The van der Waals surface area contributed by atoms with E-state index in [-0.39, 0.29) is 26.6 Å². The van der Waals surface area contributed by atoms with E-state index >= 15 is 0 Å². The Bertz CT molecular complexity index is 1290. The number of hydrogen-bond acceptors (Lipinski definition) is 8. The Morgan fingerprint density at radius 1 is 1.00 bits per heavy atom. The summed E-state index contributed by atoms with van der Waals surface area (Å²) in [7, 11) is -4.14. The molecule has 1 fully saturated rings. The van der Waals surface area contributed by atoms with Crippen molar-refractivity contribution < 1.29 is 22.7 Å². The number of morpholine rings is 1. The summed E-state index contributed by atoms with van der Waals surface area (Å²) in [6, 6.07) is 13.4. The van der Waals surface area contributed by atoms with Crippen molar-refractivity contribution in [2.24, 2.45) is 0 Å². The van der Waals surface area contributed by atoms with Crippen LogP contribution in [0.15, 0.2) is 52.9 Å². The van der Waals surface area contributed by atoms with Crippen LogP contribution in [0, 0.1) is 6.92 Å². The van der Waals surface area contributed by atoms with Crippen LogP contribution in [-0.4, -0.2) is 61.6 Å². The van der Waals surface area contributed by atoms with Crippen LogP contribution < -0.4 is 10.0 Å². The van der Waals surface area contributed by atoms with Crippen molar-refractivity contribution in [2.45, 2.75) is 11.3 Å². The number of para-hydroxylation sites is 1. The Hall–Kier alpha value is -3.35. The van der Waals surface area contributed by atoms with Crippen molar-refractivity contribution in [2.75, 3.05) is 36.3 Å². The molecular formula is C21H21N5O5S2. The smallest absolute Gasteiger partial charge is 0.291 e. The number of rotatable bonds is 6. The third-order valence-electron chi connectivity index (χ3n) is 4.95. The van der Waals surface area contributed by atoms with E-state index in [1.807, 2.05) is 6.07 Å². The maximum absolute atomic E-state index is 12.9. The van der Waals surface area contributed by atoms with Crippen molar-refractivity contribution in [3.8, 4) is 0 Å². The minimum absolute atomic E-state index is 0.0429. The molecule has 10 nitrogen and oxygen atoms in total. The molecule has 2 aromatic carbocycles. The summed E-state index contributed by atoms with van der Waals surface area (Å²) in [5.41, 5.74) is 1.58. The van der Waals surface area contributed by atoms with Crippen LogP contribution in [-0.2, 0) is 14.8 Å². The first-order valence-electron chi connectivity index (χ1n) is 10.0. The summed E-state index contributed by atoms with van der Waals surface area (Å²) in [4.78, 5) is 27.0. The number of anilines is 2. The fraction of sp³-hybridized carbons (Fsp3) is 0.238. The van der Waals surface area contributed by atoms with E-state index in [1.165, 1.54) is 6.07 Å². The maximum atomic E-state index is 12.9. The summed E-state index contributed by atoms with van der Waals surface area (Å²) in [6.45, 7) is 3.52. The van der Waals surface area contributed by atoms with Gasteiger partial charge in [0.15, 0.2) is 0 Å². The molecule has 0 atom stereocenters. The quantitative estimate of drug-likeness (QED) is 0.511. The number of benzene rings is 2. The lowest BCUT2D eigenvalue weighted by molar-refractivity contribution is 0.0303. The molecule has 0 unspecified atom stereocenters. The van der Waals surface area contributed by atoms with Gasteiger partial charge in [-0.25, -0.2) is 0 Å². The number of nitrogens with zero attached hydrogens (tertiary/aromatic N) is 3. The average molecular weight is 488 g/mol. The highest BCUT2D eigenvalue weighted by molar-refractivity contribution is 7.94. The highest BCUT2D eigenvalue weighted by Crippen LogP contribution is 2.26. The molecule has 0 spiro atoms. The second-order valence-corrected chi connectivity index (χ2v) is 10.0. The lowest BCUT2D eigenvalue weighted by Gasteiger charge is -2.27. The number of carbonyl (C=O) groups excluding carboxylic acids is 2. The largest absolute Gasteiger partial charge is 0.378 e. The Labute approximate surface area is 194 Å². The van der Waals surface area contributed by atoms with Crippen molar-refractivity contribution in [1.82, 2.24) is 15.1 Å². The summed E-state index contributed by atoms with van der Waals surface area (Å²) in [5.74, 6) is -0.706. The number of aromatic nitrogens is 2. The van der Waals surface area contributed by atoms with Gasteiger partial charge >= 0.3 is 0 Å². The third kappa shape index (κ3) is 5.18. The Kier molecular flexibility index (Phi) is 6.67. The molecule has 2 N–H and O–H groups in total. The fourth-order valence-corrected chi connectivity index (χ4v) is 5.22. The van der Waals surface area contributed by atoms with Gasteiger partial charge in [0, 0.05) is 18.7 Å². The van der Waals surface area contributed by atoms with E-state index in [0.29, 0.717) is 43.2 Å². The van der Waals surface area contributed by atoms with E-state index < -0.39 is 15.9 Å². The van der Waals surface area contributed by atoms with Gasteiger partial charge in [-0.15, -0.1) is 10.2 Å². The number of nitrogens with one attached hydrogen (secondary N) is 2. The van der Waals surface area contributed by atoms with Gasteiger partial charge in [0.1, 0.15) is 0 Å². The van der Waals surface area contributed by atoms with Gasteiger partial charge < -0.3 is 9.64 Å². The first-order chi connectivity index (χ1) is 15.8. The molecule has 33 heavy (non-hydrogen) atoms. The topological polar surface area (TPSA) is 131 Å². The van der Waals surface area contributed by atoms with E-state index in [4.69, 9.17) is 4.74 Å². The zero-order valence-electron chi connectivity index (χ0n) is 17.6. The van der Waals surface area contributed by atoms with Crippen molar-refractivity contribution >= 4 is 44.0 Å². The molecule has 0 radical (unpaired) electrons. The summed E-state index contributed by atoms with van der Waals surface area (Å²) in [5, 5.41) is 10.1. The van der Waals surface area contributed by atoms with Gasteiger partial charge in [-0.2, -0.15) is 8.42 Å². The minimum Gasteiger partial charge on any atom is -0.378 e. The molecule has 1 saturated heterocycles. The summed E-state index contributed by atoms with van der Waals surface area (Å²) < 4.78 is 33.2. The number of amides is 2. The summed E-state index contributed by atoms with van der Waals surface area (Å²) >= 11 is 0.714. The Balaban J connectivity index is 1.51.